The molecule has 1 saturated heterocycles. The monoisotopic (exact) mass is 355 g/mol. The van der Waals surface area contributed by atoms with Crippen molar-refractivity contribution in [3.63, 3.8) is 0 Å². The van der Waals surface area contributed by atoms with Gasteiger partial charge in [0, 0.05) is 20.1 Å². The molecule has 2 aromatic carbocycles. The van der Waals surface area contributed by atoms with Gasteiger partial charge in [0.1, 0.15) is 11.5 Å². The number of carbonyl (C=O) groups is 1. The number of rotatable bonds is 6. The molecule has 0 radical (unpaired) electrons. The summed E-state index contributed by atoms with van der Waals surface area (Å²) in [6.45, 7) is 1.14. The van der Waals surface area contributed by atoms with Crippen molar-refractivity contribution in [2.45, 2.75) is 12.6 Å². The lowest BCUT2D eigenvalue weighted by molar-refractivity contribution is -0.134. The quantitative estimate of drug-likeness (QED) is 0.831. The Kier molecular flexibility index (Phi) is 5.75. The van der Waals surface area contributed by atoms with Crippen LogP contribution in [-0.2, 0) is 11.3 Å². The molecule has 3 rings (SSSR count). The van der Waals surface area contributed by atoms with Crippen molar-refractivity contribution in [3.8, 4) is 11.5 Å². The zero-order valence-electron chi connectivity index (χ0n) is 15.4. The van der Waals surface area contributed by atoms with Crippen molar-refractivity contribution in [1.29, 1.82) is 0 Å². The molecule has 138 valence electrons. The topological polar surface area (TPSA) is 62.8 Å². The van der Waals surface area contributed by atoms with Gasteiger partial charge in [-0.25, -0.2) is 5.43 Å². The molecule has 0 bridgehead atoms. The second kappa shape index (κ2) is 8.21. The van der Waals surface area contributed by atoms with Gasteiger partial charge < -0.3 is 14.4 Å². The molecule has 2 atom stereocenters. The second-order valence-electron chi connectivity index (χ2n) is 6.43. The van der Waals surface area contributed by atoms with Gasteiger partial charge in [0.2, 0.25) is 5.91 Å². The predicted molar refractivity (Wildman–Crippen MR) is 99.8 cm³/mol. The molecule has 2 unspecified atom stereocenters. The van der Waals surface area contributed by atoms with Gasteiger partial charge in [-0.2, -0.15) is 0 Å². The molecule has 1 fully saturated rings. The smallest absolute Gasteiger partial charge is 0.229 e. The Morgan fingerprint density at radius 1 is 1.12 bits per heavy atom. The highest BCUT2D eigenvalue weighted by molar-refractivity contribution is 5.80. The van der Waals surface area contributed by atoms with E-state index in [1.807, 2.05) is 55.6 Å². The van der Waals surface area contributed by atoms with Crippen LogP contribution in [0.1, 0.15) is 17.2 Å². The Balaban J connectivity index is 1.70. The Hall–Kier alpha value is -2.57. The first-order valence-electron chi connectivity index (χ1n) is 8.62. The Labute approximate surface area is 154 Å². The molecule has 1 heterocycles. The highest BCUT2D eigenvalue weighted by Crippen LogP contribution is 2.28. The summed E-state index contributed by atoms with van der Waals surface area (Å²) in [5, 5.41) is 0. The van der Waals surface area contributed by atoms with Crippen LogP contribution < -0.4 is 20.3 Å². The van der Waals surface area contributed by atoms with E-state index in [-0.39, 0.29) is 17.9 Å². The summed E-state index contributed by atoms with van der Waals surface area (Å²) >= 11 is 0. The Morgan fingerprint density at radius 3 is 2.54 bits per heavy atom. The first-order valence-corrected chi connectivity index (χ1v) is 8.62. The molecule has 2 N–H and O–H groups in total. The zero-order valence-corrected chi connectivity index (χ0v) is 15.4. The molecule has 0 spiro atoms. The van der Waals surface area contributed by atoms with Gasteiger partial charge in [-0.15, -0.1) is 0 Å². The first-order chi connectivity index (χ1) is 12.6. The second-order valence-corrected chi connectivity index (χ2v) is 6.43. The van der Waals surface area contributed by atoms with E-state index in [2.05, 4.69) is 10.9 Å². The summed E-state index contributed by atoms with van der Waals surface area (Å²) in [5.74, 6) is 1.53. The minimum atomic E-state index is -0.168. The Bertz CT molecular complexity index is 748. The SMILES string of the molecule is COc1ccc(C2NNCC2C(=O)N(C)Cc2cccc(OC)c2)cc1. The van der Waals surface area contributed by atoms with Crippen molar-refractivity contribution >= 4 is 5.91 Å². The molecule has 6 heteroatoms. The summed E-state index contributed by atoms with van der Waals surface area (Å²) in [6.07, 6.45) is 0. The molecular weight excluding hydrogens is 330 g/mol. The minimum Gasteiger partial charge on any atom is -0.497 e. The molecule has 1 aliphatic heterocycles. The molecule has 26 heavy (non-hydrogen) atoms. The lowest BCUT2D eigenvalue weighted by Gasteiger charge is -2.25. The maximum absolute atomic E-state index is 13.0. The number of benzene rings is 2. The average Bonchev–Trinajstić information content (AvgIpc) is 3.17. The fraction of sp³-hybridized carbons (Fsp3) is 0.350. The third-order valence-corrected chi connectivity index (χ3v) is 4.70. The predicted octanol–water partition coefficient (Wildman–Crippen LogP) is 2.13. The van der Waals surface area contributed by atoms with Crippen molar-refractivity contribution in [1.82, 2.24) is 15.8 Å². The van der Waals surface area contributed by atoms with E-state index < -0.39 is 0 Å². The number of hydrazine groups is 1. The fourth-order valence-electron chi connectivity index (χ4n) is 3.26. The molecule has 1 amide bonds. The molecule has 0 saturated carbocycles. The maximum Gasteiger partial charge on any atom is 0.229 e. The van der Waals surface area contributed by atoms with E-state index in [1.165, 1.54) is 0 Å². The molecule has 1 aliphatic rings. The number of carbonyl (C=O) groups excluding carboxylic acids is 1. The molecule has 0 aromatic heterocycles. The van der Waals surface area contributed by atoms with Crippen LogP contribution in [0.2, 0.25) is 0 Å². The number of ether oxygens (including phenoxy) is 2. The van der Waals surface area contributed by atoms with E-state index in [4.69, 9.17) is 9.47 Å². The third kappa shape index (κ3) is 3.98. The van der Waals surface area contributed by atoms with Crippen LogP contribution >= 0.6 is 0 Å². The lowest BCUT2D eigenvalue weighted by atomic mass is 9.93. The molecular formula is C20H25N3O3. The number of methoxy groups -OCH3 is 2. The lowest BCUT2D eigenvalue weighted by Crippen LogP contribution is -2.36. The van der Waals surface area contributed by atoms with Crippen LogP contribution in [-0.4, -0.2) is 38.6 Å². The van der Waals surface area contributed by atoms with Crippen molar-refractivity contribution in [3.05, 3.63) is 59.7 Å². The normalized spacial score (nSPS) is 19.2. The van der Waals surface area contributed by atoms with Crippen LogP contribution in [0.4, 0.5) is 0 Å². The van der Waals surface area contributed by atoms with Gasteiger partial charge in [0.05, 0.1) is 26.2 Å². The highest BCUT2D eigenvalue weighted by Gasteiger charge is 2.35. The maximum atomic E-state index is 13.0. The number of hydrogen-bond acceptors (Lipinski definition) is 5. The summed E-state index contributed by atoms with van der Waals surface area (Å²) in [7, 11) is 5.12. The summed E-state index contributed by atoms with van der Waals surface area (Å²) in [5.41, 5.74) is 8.44. The third-order valence-electron chi connectivity index (χ3n) is 4.70. The van der Waals surface area contributed by atoms with Crippen LogP contribution in [0.3, 0.4) is 0 Å². The van der Waals surface area contributed by atoms with E-state index >= 15 is 0 Å². The number of nitrogens with zero attached hydrogens (tertiary/aromatic N) is 1. The van der Waals surface area contributed by atoms with Gasteiger partial charge in [-0.05, 0) is 35.4 Å². The van der Waals surface area contributed by atoms with Crippen LogP contribution in [0, 0.1) is 5.92 Å². The average molecular weight is 355 g/mol. The van der Waals surface area contributed by atoms with Crippen molar-refractivity contribution in [2.75, 3.05) is 27.8 Å². The van der Waals surface area contributed by atoms with Gasteiger partial charge in [0.15, 0.2) is 0 Å². The van der Waals surface area contributed by atoms with Crippen LogP contribution in [0.5, 0.6) is 11.5 Å². The van der Waals surface area contributed by atoms with Crippen LogP contribution in [0.15, 0.2) is 48.5 Å². The number of hydrogen-bond donors (Lipinski definition) is 2. The zero-order chi connectivity index (χ0) is 18.5. The van der Waals surface area contributed by atoms with E-state index in [9.17, 15) is 4.79 Å². The molecule has 0 aliphatic carbocycles. The standard InChI is InChI=1S/C20H25N3O3/c1-23(13-14-5-4-6-17(11-14)26-3)20(24)18-12-21-22-19(18)15-7-9-16(25-2)10-8-15/h4-11,18-19,21-22H,12-13H2,1-3H3. The van der Waals surface area contributed by atoms with Gasteiger partial charge in [-0.3, -0.25) is 10.2 Å². The first kappa shape index (κ1) is 18.2. The molecule has 2 aromatic rings. The van der Waals surface area contributed by atoms with E-state index in [1.54, 1.807) is 19.1 Å². The minimum absolute atomic E-state index is 0.0684. The van der Waals surface area contributed by atoms with Crippen molar-refractivity contribution < 1.29 is 14.3 Å². The van der Waals surface area contributed by atoms with Crippen molar-refractivity contribution in [2.24, 2.45) is 5.92 Å². The van der Waals surface area contributed by atoms with Gasteiger partial charge in [0.25, 0.3) is 0 Å². The van der Waals surface area contributed by atoms with Gasteiger partial charge in [-0.1, -0.05) is 24.3 Å². The highest BCUT2D eigenvalue weighted by atomic mass is 16.5. The molecule has 6 nitrogen and oxygen atoms in total. The van der Waals surface area contributed by atoms with E-state index in [0.717, 1.165) is 22.6 Å². The summed E-state index contributed by atoms with van der Waals surface area (Å²) in [6, 6.07) is 15.5. The fourth-order valence-corrected chi connectivity index (χ4v) is 3.26. The number of amides is 1. The van der Waals surface area contributed by atoms with Crippen LogP contribution in [0.25, 0.3) is 0 Å². The van der Waals surface area contributed by atoms with E-state index in [0.29, 0.717) is 13.1 Å². The number of nitrogens with one attached hydrogen (secondary N) is 2. The summed E-state index contributed by atoms with van der Waals surface area (Å²) in [4.78, 5) is 14.8. The summed E-state index contributed by atoms with van der Waals surface area (Å²) < 4.78 is 10.5. The largest absolute Gasteiger partial charge is 0.497 e. The van der Waals surface area contributed by atoms with Gasteiger partial charge >= 0.3 is 0 Å². The Morgan fingerprint density at radius 2 is 1.85 bits per heavy atom.